The first-order valence-corrected chi connectivity index (χ1v) is 7.64. The molecule has 0 rings (SSSR count). The normalized spacial score (nSPS) is 10.6. The fraction of sp³-hybridized carbons (Fsp3) is 0.812. The van der Waals surface area contributed by atoms with E-state index in [0.717, 1.165) is 12.8 Å². The van der Waals surface area contributed by atoms with Crippen LogP contribution < -0.4 is 0 Å². The van der Waals surface area contributed by atoms with Crippen molar-refractivity contribution in [2.75, 3.05) is 0 Å². The quantitative estimate of drug-likeness (QED) is 0.369. The Morgan fingerprint density at radius 3 is 1.84 bits per heavy atom. The first-order chi connectivity index (χ1) is 8.77. The molecule has 0 amide bonds. The van der Waals surface area contributed by atoms with E-state index in [9.17, 15) is 4.79 Å². The number of carboxylic acids is 1. The van der Waals surface area contributed by atoms with E-state index in [0.29, 0.717) is 6.42 Å². The van der Waals surface area contributed by atoms with Crippen molar-refractivity contribution in [3.8, 4) is 0 Å². The minimum Gasteiger partial charge on any atom is -0.481 e. The maximum atomic E-state index is 10.3. The van der Waals surface area contributed by atoms with Gasteiger partial charge in [0.15, 0.2) is 0 Å². The van der Waals surface area contributed by atoms with E-state index in [4.69, 9.17) is 5.11 Å². The molecule has 1 radical (unpaired) electrons. The summed E-state index contributed by atoms with van der Waals surface area (Å²) in [5, 5.41) is 8.48. The fourth-order valence-electron chi connectivity index (χ4n) is 1.99. The zero-order chi connectivity index (χ0) is 13.5. The second-order valence-corrected chi connectivity index (χ2v) is 5.02. The molecule has 0 aliphatic carbocycles. The Bertz CT molecular complexity index is 215. The minimum absolute atomic E-state index is 0. The first-order valence-electron chi connectivity index (χ1n) is 7.64. The molecule has 0 fully saturated rings. The van der Waals surface area contributed by atoms with E-state index in [1.54, 1.807) is 0 Å². The molecular formula is C16H30O2Sc. The summed E-state index contributed by atoms with van der Waals surface area (Å²) in [6.45, 7) is 2.24. The number of hydrogen-bond acceptors (Lipinski definition) is 1. The van der Waals surface area contributed by atoms with Crippen LogP contribution in [0.3, 0.4) is 0 Å². The van der Waals surface area contributed by atoms with Crippen molar-refractivity contribution < 1.29 is 35.7 Å². The predicted octanol–water partition coefficient (Wildman–Crippen LogP) is 5.33. The third-order valence-corrected chi connectivity index (χ3v) is 3.15. The Morgan fingerprint density at radius 2 is 1.32 bits per heavy atom. The number of carboxylic acid groups (broad SMARTS) is 1. The van der Waals surface area contributed by atoms with Gasteiger partial charge in [-0.25, -0.2) is 0 Å². The van der Waals surface area contributed by atoms with E-state index < -0.39 is 5.97 Å². The maximum Gasteiger partial charge on any atom is 0.303 e. The van der Waals surface area contributed by atoms with E-state index in [2.05, 4.69) is 19.1 Å². The Kier molecular flexibility index (Phi) is 20.3. The van der Waals surface area contributed by atoms with Gasteiger partial charge in [-0.3, -0.25) is 4.79 Å². The average Bonchev–Trinajstić information content (AvgIpc) is 2.34. The zero-order valence-electron chi connectivity index (χ0n) is 12.6. The molecule has 19 heavy (non-hydrogen) atoms. The Balaban J connectivity index is 0. The van der Waals surface area contributed by atoms with Gasteiger partial charge in [0.05, 0.1) is 0 Å². The zero-order valence-corrected chi connectivity index (χ0v) is 14.4. The van der Waals surface area contributed by atoms with Crippen molar-refractivity contribution in [1.29, 1.82) is 0 Å². The molecule has 109 valence electrons. The number of rotatable bonds is 13. The average molecular weight is 299 g/mol. The molecule has 0 spiro atoms. The molecule has 2 nitrogen and oxygen atoms in total. The molecule has 0 atom stereocenters. The largest absolute Gasteiger partial charge is 0.481 e. The molecule has 1 N–H and O–H groups in total. The Hall–Kier alpha value is 0.0801. The van der Waals surface area contributed by atoms with Crippen molar-refractivity contribution in [3.05, 3.63) is 12.2 Å². The van der Waals surface area contributed by atoms with Gasteiger partial charge in [-0.15, -0.1) is 0 Å². The van der Waals surface area contributed by atoms with Gasteiger partial charge in [0.25, 0.3) is 0 Å². The molecule has 0 heterocycles. The molecule has 0 aromatic heterocycles. The second-order valence-electron chi connectivity index (χ2n) is 5.02. The molecule has 0 saturated heterocycles. The van der Waals surface area contributed by atoms with Crippen LogP contribution in [-0.4, -0.2) is 11.1 Å². The van der Waals surface area contributed by atoms with Gasteiger partial charge < -0.3 is 5.11 Å². The molecule has 0 saturated carbocycles. The van der Waals surface area contributed by atoms with Gasteiger partial charge in [0.2, 0.25) is 0 Å². The molecule has 0 bridgehead atoms. The number of aliphatic carboxylic acids is 1. The first kappa shape index (κ1) is 21.4. The third kappa shape index (κ3) is 20.6. The summed E-state index contributed by atoms with van der Waals surface area (Å²) in [7, 11) is 0. The van der Waals surface area contributed by atoms with Crippen LogP contribution >= 0.6 is 0 Å². The maximum absolute atomic E-state index is 10.3. The van der Waals surface area contributed by atoms with E-state index >= 15 is 0 Å². The minimum atomic E-state index is -0.666. The molecule has 3 heteroatoms. The molecule has 0 aliphatic heterocycles. The van der Waals surface area contributed by atoms with E-state index in [1.807, 2.05) is 0 Å². The van der Waals surface area contributed by atoms with Crippen molar-refractivity contribution in [3.63, 3.8) is 0 Å². The van der Waals surface area contributed by atoms with Gasteiger partial charge in [-0.05, 0) is 32.1 Å². The fourth-order valence-corrected chi connectivity index (χ4v) is 1.99. The molecule has 0 aromatic carbocycles. The Morgan fingerprint density at radius 1 is 0.842 bits per heavy atom. The van der Waals surface area contributed by atoms with Gasteiger partial charge in [0, 0.05) is 32.3 Å². The third-order valence-electron chi connectivity index (χ3n) is 3.15. The Labute approximate surface area is 137 Å². The summed E-state index contributed by atoms with van der Waals surface area (Å²) < 4.78 is 0. The van der Waals surface area contributed by atoms with Crippen molar-refractivity contribution in [2.24, 2.45) is 0 Å². The van der Waals surface area contributed by atoms with Gasteiger partial charge in [-0.2, -0.15) is 0 Å². The standard InChI is InChI=1S/C16H30O2.Sc/c1-2-3-4-5-6-7-8-9-10-11-12-13-14-15-16(17)18;/h7-8H,2-6,9-15H2,1H3,(H,17,18);/b8-7-;. The van der Waals surface area contributed by atoms with Crippen LogP contribution in [0.5, 0.6) is 0 Å². The number of unbranched alkanes of at least 4 members (excludes halogenated alkanes) is 9. The molecule has 0 aliphatic rings. The van der Waals surface area contributed by atoms with Crippen LogP contribution in [0.1, 0.15) is 84.0 Å². The van der Waals surface area contributed by atoms with Crippen molar-refractivity contribution >= 4 is 5.97 Å². The van der Waals surface area contributed by atoms with E-state index in [-0.39, 0.29) is 25.8 Å². The summed E-state index contributed by atoms with van der Waals surface area (Å²) in [6.07, 6.45) is 18.3. The second kappa shape index (κ2) is 18.1. The van der Waals surface area contributed by atoms with Crippen LogP contribution in [0.15, 0.2) is 12.2 Å². The van der Waals surface area contributed by atoms with Crippen LogP contribution in [0.4, 0.5) is 0 Å². The van der Waals surface area contributed by atoms with Gasteiger partial charge in [0.1, 0.15) is 0 Å². The van der Waals surface area contributed by atoms with Crippen LogP contribution in [0.2, 0.25) is 0 Å². The summed E-state index contributed by atoms with van der Waals surface area (Å²) in [4.78, 5) is 10.3. The summed E-state index contributed by atoms with van der Waals surface area (Å²) in [6, 6.07) is 0. The molecule has 0 aromatic rings. The molecular weight excluding hydrogens is 269 g/mol. The number of allylic oxidation sites excluding steroid dienone is 2. The van der Waals surface area contributed by atoms with Crippen LogP contribution in [0, 0.1) is 0 Å². The molecule has 0 unspecified atom stereocenters. The smallest absolute Gasteiger partial charge is 0.303 e. The summed E-state index contributed by atoms with van der Waals surface area (Å²) in [5.41, 5.74) is 0. The van der Waals surface area contributed by atoms with Crippen molar-refractivity contribution in [2.45, 2.75) is 84.0 Å². The predicted molar refractivity (Wildman–Crippen MR) is 77.9 cm³/mol. The number of hydrogen-bond donors (Lipinski definition) is 1. The van der Waals surface area contributed by atoms with Crippen LogP contribution in [-0.2, 0) is 30.6 Å². The monoisotopic (exact) mass is 299 g/mol. The summed E-state index contributed by atoms with van der Waals surface area (Å²) in [5.74, 6) is -0.666. The van der Waals surface area contributed by atoms with Gasteiger partial charge >= 0.3 is 5.97 Å². The van der Waals surface area contributed by atoms with Crippen molar-refractivity contribution in [1.82, 2.24) is 0 Å². The topological polar surface area (TPSA) is 37.3 Å². The number of carbonyl (C=O) groups is 1. The van der Waals surface area contributed by atoms with Crippen LogP contribution in [0.25, 0.3) is 0 Å². The van der Waals surface area contributed by atoms with Gasteiger partial charge in [-0.1, -0.05) is 57.6 Å². The SMILES string of the molecule is CCCCCC/C=C\CCCCCCCC(=O)O.[Sc]. The summed E-state index contributed by atoms with van der Waals surface area (Å²) >= 11 is 0. The van der Waals surface area contributed by atoms with E-state index in [1.165, 1.54) is 57.8 Å².